The van der Waals surface area contributed by atoms with Crippen LogP contribution in [0.25, 0.3) is 0 Å². The molecule has 0 atom stereocenters. The second-order valence-corrected chi connectivity index (χ2v) is 1.34. The van der Waals surface area contributed by atoms with Crippen LogP contribution in [0, 0.1) is 0 Å². The van der Waals surface area contributed by atoms with Crippen LogP contribution in [0.4, 0.5) is 0 Å². The average Bonchev–Trinajstić information content (AvgIpc) is 1.36. The molecule has 4 N–H and O–H groups in total. The summed E-state index contributed by atoms with van der Waals surface area (Å²) in [6.07, 6.45) is 0. The summed E-state index contributed by atoms with van der Waals surface area (Å²) in [5, 5.41) is 0. The van der Waals surface area contributed by atoms with Crippen molar-refractivity contribution in [3.8, 4) is 0 Å². The van der Waals surface area contributed by atoms with Crippen LogP contribution in [-0.4, -0.2) is 17.5 Å². The van der Waals surface area contributed by atoms with Gasteiger partial charge >= 0.3 is 31.4 Å². The van der Waals surface area contributed by atoms with E-state index >= 15 is 0 Å². The summed E-state index contributed by atoms with van der Waals surface area (Å²) in [6.45, 7) is 0. The Morgan fingerprint density at radius 3 is 1.29 bits per heavy atom. The molecule has 7 heteroatoms. The molecule has 0 spiro atoms. The molecule has 0 aliphatic heterocycles. The molecule has 7 heavy (non-hydrogen) atoms. The summed E-state index contributed by atoms with van der Waals surface area (Å²) in [5.74, 6) is 0. The van der Waals surface area contributed by atoms with E-state index in [9.17, 15) is 0 Å². The molecule has 0 heterocycles. The summed E-state index contributed by atoms with van der Waals surface area (Å²) < 4.78 is 35.9. The third-order valence-electron chi connectivity index (χ3n) is 0. The molecule has 0 saturated carbocycles. The Labute approximate surface area is 49.5 Å². The van der Waals surface area contributed by atoms with Gasteiger partial charge in [0.2, 0.25) is 0 Å². The molecule has 0 rings (SSSR count). The van der Waals surface area contributed by atoms with Crippen LogP contribution >= 0.6 is 0 Å². The quantitative estimate of drug-likeness (QED) is 0.311. The zero-order valence-corrected chi connectivity index (χ0v) is 5.07. The second-order valence-electron chi connectivity index (χ2n) is 0.448. The van der Waals surface area contributed by atoms with Crippen molar-refractivity contribution in [1.82, 2.24) is 0 Å². The first-order valence-corrected chi connectivity index (χ1v) is 3.00. The molecule has 0 bridgehead atoms. The first-order valence-electron chi connectivity index (χ1n) is 0.917. The third kappa shape index (κ3) is 983. The minimum atomic E-state index is -4.67. The molecule has 46 valence electrons. The summed E-state index contributed by atoms with van der Waals surface area (Å²) in [7, 11) is -4.67. The fraction of sp³-hybridized carbons (Fsp3) is 0. The van der Waals surface area contributed by atoms with Crippen molar-refractivity contribution in [2.45, 2.75) is 0 Å². The molecule has 0 aromatic rings. The molecule has 0 aliphatic rings. The third-order valence-corrected chi connectivity index (χ3v) is 0. The predicted molar refractivity (Wildman–Crippen MR) is 18.4 cm³/mol. The Morgan fingerprint density at radius 2 is 1.29 bits per heavy atom. The van der Waals surface area contributed by atoms with Gasteiger partial charge in [-0.3, -0.25) is 9.11 Å². The predicted octanol–water partition coefficient (Wildman–Crippen LogP) is -1.25. The van der Waals surface area contributed by atoms with Gasteiger partial charge in [-0.2, -0.15) is 8.42 Å². The Morgan fingerprint density at radius 1 is 1.29 bits per heavy atom. The van der Waals surface area contributed by atoms with E-state index in [0.29, 0.717) is 0 Å². The van der Waals surface area contributed by atoms with Crippen LogP contribution in [0.15, 0.2) is 0 Å². The van der Waals surface area contributed by atoms with Crippen LogP contribution in [-0.2, 0) is 26.6 Å². The van der Waals surface area contributed by atoms with E-state index in [0.717, 1.165) is 0 Å². The van der Waals surface area contributed by atoms with Crippen LogP contribution in [0.1, 0.15) is 0 Å². The van der Waals surface area contributed by atoms with Gasteiger partial charge in [-0.05, 0) is 0 Å². The zero-order valence-electron chi connectivity index (χ0n) is 3.07. The maximum atomic E-state index is 8.74. The maximum absolute atomic E-state index is 8.74. The van der Waals surface area contributed by atoms with Gasteiger partial charge in [-0.1, -0.05) is 0 Å². The van der Waals surface area contributed by atoms with Crippen LogP contribution in [0.3, 0.4) is 0 Å². The zero-order chi connectivity index (χ0) is 6.50. The molecule has 0 amide bonds. The average molecular weight is 169 g/mol. The molecular formula is H4MnNO4S. The molecule has 0 aromatic heterocycles. The summed E-state index contributed by atoms with van der Waals surface area (Å²) >= 11 is 2.44. The van der Waals surface area contributed by atoms with Crippen molar-refractivity contribution in [1.29, 1.82) is 0 Å². The molecule has 0 saturated heterocycles. The van der Waals surface area contributed by atoms with Gasteiger partial charge in [0.15, 0.2) is 0 Å². The van der Waals surface area contributed by atoms with Gasteiger partial charge < -0.3 is 0 Å². The fourth-order valence-electron chi connectivity index (χ4n) is 0. The van der Waals surface area contributed by atoms with E-state index in [4.69, 9.17) is 17.5 Å². The first kappa shape index (κ1) is 10.4. The minimum absolute atomic E-state index is 2.44. The molecule has 0 aliphatic carbocycles. The summed E-state index contributed by atoms with van der Waals surface area (Å²) in [5.41, 5.74) is 0. The van der Waals surface area contributed by atoms with Gasteiger partial charge in [0, 0.05) is 0 Å². The van der Waals surface area contributed by atoms with Gasteiger partial charge in [0.25, 0.3) is 0 Å². The van der Waals surface area contributed by atoms with E-state index in [2.05, 4.69) is 21.0 Å². The van der Waals surface area contributed by atoms with Crippen molar-refractivity contribution in [2.75, 3.05) is 0 Å². The van der Waals surface area contributed by atoms with Gasteiger partial charge in [0.1, 0.15) is 0 Å². The van der Waals surface area contributed by atoms with Gasteiger partial charge in [-0.25, -0.2) is 0 Å². The Kier molecular flexibility index (Phi) is 6.67. The normalized spacial score (nSPS) is 9.14. The van der Waals surface area contributed by atoms with Crippen LogP contribution in [0.5, 0.6) is 0 Å². The summed E-state index contributed by atoms with van der Waals surface area (Å²) in [6, 6.07) is 0. The SMILES string of the molecule is O=S(=O)(O)O.[NH2][Mn]. The first-order chi connectivity index (χ1) is 3.00. The number of nitrogens with two attached hydrogens (primary N) is 1. The van der Waals surface area contributed by atoms with Crippen molar-refractivity contribution >= 4 is 10.4 Å². The fourth-order valence-corrected chi connectivity index (χ4v) is 0. The molecular weight excluding hydrogens is 165 g/mol. The molecule has 0 radical (unpaired) electrons. The number of rotatable bonds is 0. The molecule has 0 unspecified atom stereocenters. The summed E-state index contributed by atoms with van der Waals surface area (Å²) in [4.78, 5) is 0. The van der Waals surface area contributed by atoms with Crippen molar-refractivity contribution in [2.24, 2.45) is 4.75 Å². The van der Waals surface area contributed by atoms with E-state index < -0.39 is 10.4 Å². The molecule has 5 nitrogen and oxygen atoms in total. The Hall–Kier alpha value is 0.349. The van der Waals surface area contributed by atoms with Crippen molar-refractivity contribution in [3.05, 3.63) is 0 Å². The van der Waals surface area contributed by atoms with E-state index in [1.807, 2.05) is 0 Å². The Bertz CT molecular complexity index is 94.9. The van der Waals surface area contributed by atoms with Crippen LogP contribution in [0.2, 0.25) is 0 Å². The van der Waals surface area contributed by atoms with Gasteiger partial charge in [-0.15, -0.1) is 0 Å². The number of hydrogen-bond donors (Lipinski definition) is 3. The topological polar surface area (TPSA) is 101 Å². The Balaban J connectivity index is 0. The second kappa shape index (κ2) is 4.51. The standard InChI is InChI=1S/Mn.H2N.H2O4S/c;;1-5(2,3)4/h;1H2;(H2,1,2,3,4)/q+1;-1;. The van der Waals surface area contributed by atoms with Crippen molar-refractivity contribution in [3.63, 3.8) is 0 Å². The van der Waals surface area contributed by atoms with Crippen LogP contribution < -0.4 is 4.75 Å². The molecule has 0 fully saturated rings. The monoisotopic (exact) mass is 169 g/mol. The van der Waals surface area contributed by atoms with Gasteiger partial charge in [0.05, 0.1) is 0 Å². The number of hydrogen-bond acceptors (Lipinski definition) is 3. The van der Waals surface area contributed by atoms with Crippen molar-refractivity contribution < 1.29 is 33.8 Å². The van der Waals surface area contributed by atoms with E-state index in [-0.39, 0.29) is 0 Å². The van der Waals surface area contributed by atoms with E-state index in [1.165, 1.54) is 0 Å². The van der Waals surface area contributed by atoms with E-state index in [1.54, 1.807) is 0 Å². The molecule has 0 aromatic carbocycles.